The molecule has 160 valence electrons. The molecule has 0 fully saturated rings. The molecule has 0 saturated heterocycles. The number of H-pyrrole nitrogens is 1. The van der Waals surface area contributed by atoms with Crippen molar-refractivity contribution in [3.63, 3.8) is 0 Å². The normalized spacial score (nSPS) is 12.5. The Labute approximate surface area is 186 Å². The van der Waals surface area contributed by atoms with Crippen LogP contribution in [0.1, 0.15) is 42.1 Å². The van der Waals surface area contributed by atoms with Crippen molar-refractivity contribution in [2.45, 2.75) is 31.8 Å². The van der Waals surface area contributed by atoms with Crippen molar-refractivity contribution in [1.82, 2.24) is 15.4 Å². The molecule has 1 heterocycles. The molecule has 3 aromatic carbocycles. The fourth-order valence-electron chi connectivity index (χ4n) is 3.66. The van der Waals surface area contributed by atoms with Gasteiger partial charge in [-0.25, -0.2) is 0 Å². The molecule has 6 heteroatoms. The smallest absolute Gasteiger partial charge is 0.304 e. The first kappa shape index (κ1) is 21.1. The van der Waals surface area contributed by atoms with Crippen molar-refractivity contribution in [2.24, 2.45) is 0 Å². The summed E-state index contributed by atoms with van der Waals surface area (Å²) in [7, 11) is 0. The van der Waals surface area contributed by atoms with Gasteiger partial charge in [-0.2, -0.15) is 0 Å². The van der Waals surface area contributed by atoms with Crippen molar-refractivity contribution in [3.8, 4) is 17.6 Å². The summed E-state index contributed by atoms with van der Waals surface area (Å²) in [6, 6.07) is 23.6. The number of rotatable bonds is 8. The van der Waals surface area contributed by atoms with E-state index < -0.39 is 5.97 Å². The van der Waals surface area contributed by atoms with E-state index in [1.807, 2.05) is 60.7 Å². The molecule has 1 unspecified atom stereocenters. The Morgan fingerprint density at radius 3 is 2.53 bits per heavy atom. The fraction of sp³-hybridized carbons (Fsp3) is 0.192. The van der Waals surface area contributed by atoms with Crippen molar-refractivity contribution in [2.75, 3.05) is 0 Å². The Bertz CT molecular complexity index is 1250. The number of carboxylic acid groups (broad SMARTS) is 1. The molecule has 4 rings (SSSR count). The highest BCUT2D eigenvalue weighted by atomic mass is 16.5. The van der Waals surface area contributed by atoms with E-state index in [4.69, 9.17) is 9.84 Å². The van der Waals surface area contributed by atoms with Crippen LogP contribution in [-0.2, 0) is 11.2 Å². The average molecular weight is 425 g/mol. The first-order chi connectivity index (χ1) is 15.6. The van der Waals surface area contributed by atoms with Crippen molar-refractivity contribution >= 4 is 17.0 Å². The van der Waals surface area contributed by atoms with Crippen molar-refractivity contribution in [3.05, 3.63) is 89.5 Å². The van der Waals surface area contributed by atoms with Crippen molar-refractivity contribution in [1.29, 1.82) is 0 Å². The number of carboxylic acids is 1. The van der Waals surface area contributed by atoms with Crippen LogP contribution in [-0.4, -0.2) is 26.5 Å². The number of benzene rings is 3. The third kappa shape index (κ3) is 5.13. The molecule has 0 aliphatic heterocycles. The van der Waals surface area contributed by atoms with Gasteiger partial charge < -0.3 is 9.84 Å². The largest absolute Gasteiger partial charge is 0.485 e. The highest BCUT2D eigenvalue weighted by molar-refractivity contribution is 5.74. The minimum absolute atomic E-state index is 0.0324. The highest BCUT2D eigenvalue weighted by Crippen LogP contribution is 2.29. The summed E-state index contributed by atoms with van der Waals surface area (Å²) in [6.45, 7) is 1.71. The number of fused-ring (bicyclic) bond motifs is 1. The maximum absolute atomic E-state index is 11.2. The number of ether oxygens (including phenoxy) is 1. The van der Waals surface area contributed by atoms with Gasteiger partial charge >= 0.3 is 5.97 Å². The standard InChI is InChI=1S/C26H23N3O3/c1-2-6-20(17-26(30)31)19-9-12-22(13-10-19)32-25(15-18-7-4-3-5-8-18)21-11-14-23-24(16-21)28-29-27-23/h3-5,7-14,16,20,25H,15,17H2,1H3,(H,30,31)(H,27,28,29)/t20?,25-/m0/s1. The van der Waals surface area contributed by atoms with Crippen LogP contribution in [0.15, 0.2) is 72.8 Å². The lowest BCUT2D eigenvalue weighted by molar-refractivity contribution is -0.137. The fourth-order valence-corrected chi connectivity index (χ4v) is 3.66. The number of nitrogens with zero attached hydrogens (tertiary/aromatic N) is 2. The monoisotopic (exact) mass is 425 g/mol. The summed E-state index contributed by atoms with van der Waals surface area (Å²) < 4.78 is 6.40. The van der Waals surface area contributed by atoms with Crippen molar-refractivity contribution < 1.29 is 14.6 Å². The molecule has 32 heavy (non-hydrogen) atoms. The van der Waals surface area contributed by atoms with Gasteiger partial charge in [0.05, 0.1) is 17.9 Å². The number of hydrogen-bond donors (Lipinski definition) is 2. The van der Waals surface area contributed by atoms with Gasteiger partial charge in [-0.1, -0.05) is 59.7 Å². The number of hydrogen-bond acceptors (Lipinski definition) is 4. The van der Waals surface area contributed by atoms with Crippen LogP contribution < -0.4 is 4.74 Å². The second kappa shape index (κ2) is 9.80. The van der Waals surface area contributed by atoms with E-state index in [9.17, 15) is 4.79 Å². The summed E-state index contributed by atoms with van der Waals surface area (Å²) in [6.07, 6.45) is 0.430. The molecular formula is C26H23N3O3. The quantitative estimate of drug-likeness (QED) is 0.392. The van der Waals surface area contributed by atoms with Crippen LogP contribution in [0, 0.1) is 11.8 Å². The molecule has 0 bridgehead atoms. The Morgan fingerprint density at radius 2 is 1.81 bits per heavy atom. The number of nitrogens with one attached hydrogen (secondary N) is 1. The highest BCUT2D eigenvalue weighted by Gasteiger charge is 2.17. The van der Waals surface area contributed by atoms with Crippen LogP contribution >= 0.6 is 0 Å². The lowest BCUT2D eigenvalue weighted by atomic mass is 9.96. The molecule has 2 atom stereocenters. The van der Waals surface area contributed by atoms with Crippen LogP contribution in [0.4, 0.5) is 0 Å². The number of carbonyl (C=O) groups is 1. The third-order valence-electron chi connectivity index (χ3n) is 5.24. The zero-order valence-corrected chi connectivity index (χ0v) is 17.7. The zero-order chi connectivity index (χ0) is 22.3. The van der Waals surface area contributed by atoms with Gasteiger partial charge in [0.1, 0.15) is 17.4 Å². The Morgan fingerprint density at radius 1 is 1.06 bits per heavy atom. The molecular weight excluding hydrogens is 402 g/mol. The van der Waals surface area contributed by atoms with Gasteiger partial charge in [-0.3, -0.25) is 9.89 Å². The summed E-state index contributed by atoms with van der Waals surface area (Å²) in [5, 5.41) is 20.0. The minimum atomic E-state index is -0.871. The molecule has 0 aliphatic rings. The molecule has 0 spiro atoms. The van der Waals surface area contributed by atoms with Gasteiger partial charge in [0.2, 0.25) is 0 Å². The van der Waals surface area contributed by atoms with E-state index in [0.29, 0.717) is 12.2 Å². The van der Waals surface area contributed by atoms with Gasteiger partial charge in [-0.15, -0.1) is 11.0 Å². The Hall–Kier alpha value is -4.11. The minimum Gasteiger partial charge on any atom is -0.485 e. The average Bonchev–Trinajstić information content (AvgIpc) is 3.27. The van der Waals surface area contributed by atoms with E-state index in [-0.39, 0.29) is 18.4 Å². The lowest BCUT2D eigenvalue weighted by Crippen LogP contribution is -2.11. The van der Waals surface area contributed by atoms with E-state index >= 15 is 0 Å². The predicted octanol–water partition coefficient (Wildman–Crippen LogP) is 4.90. The van der Waals surface area contributed by atoms with Crippen LogP contribution in [0.5, 0.6) is 5.75 Å². The molecule has 0 aliphatic carbocycles. The SMILES string of the molecule is CC#CC(CC(=O)O)c1ccc(O[C@@H](Cc2ccccc2)c2ccc3[nH]nnc3c2)cc1. The summed E-state index contributed by atoms with van der Waals surface area (Å²) in [5.41, 5.74) is 4.68. The lowest BCUT2D eigenvalue weighted by Gasteiger charge is -2.20. The first-order valence-electron chi connectivity index (χ1n) is 10.4. The van der Waals surface area contributed by atoms with Crippen LogP contribution in [0.25, 0.3) is 11.0 Å². The van der Waals surface area contributed by atoms with E-state index in [1.165, 1.54) is 0 Å². The summed E-state index contributed by atoms with van der Waals surface area (Å²) in [5.74, 6) is 5.28. The Balaban J connectivity index is 1.60. The molecule has 0 amide bonds. The molecule has 4 aromatic rings. The molecule has 2 N–H and O–H groups in total. The number of aromatic nitrogens is 3. The van der Waals surface area contributed by atoms with Gasteiger partial charge in [0.25, 0.3) is 0 Å². The summed E-state index contributed by atoms with van der Waals surface area (Å²) in [4.78, 5) is 11.2. The predicted molar refractivity (Wildman–Crippen MR) is 122 cm³/mol. The molecule has 6 nitrogen and oxygen atoms in total. The first-order valence-corrected chi connectivity index (χ1v) is 10.4. The summed E-state index contributed by atoms with van der Waals surface area (Å²) >= 11 is 0. The van der Waals surface area contributed by atoms with Crippen LogP contribution in [0.3, 0.4) is 0 Å². The Kier molecular flexibility index (Phi) is 6.47. The molecule has 0 radical (unpaired) electrons. The molecule has 1 aromatic heterocycles. The maximum Gasteiger partial charge on any atom is 0.304 e. The second-order valence-electron chi connectivity index (χ2n) is 7.50. The van der Waals surface area contributed by atoms with Gasteiger partial charge in [-0.05, 0) is 47.9 Å². The van der Waals surface area contributed by atoms with E-state index in [1.54, 1.807) is 6.92 Å². The maximum atomic E-state index is 11.2. The second-order valence-corrected chi connectivity index (χ2v) is 7.50. The van der Waals surface area contributed by atoms with Gasteiger partial charge in [0.15, 0.2) is 0 Å². The zero-order valence-electron chi connectivity index (χ0n) is 17.7. The topological polar surface area (TPSA) is 88.1 Å². The number of aliphatic carboxylic acids is 1. The molecule has 0 saturated carbocycles. The van der Waals surface area contributed by atoms with Crippen LogP contribution in [0.2, 0.25) is 0 Å². The van der Waals surface area contributed by atoms with E-state index in [0.717, 1.165) is 27.7 Å². The third-order valence-corrected chi connectivity index (χ3v) is 5.24. The number of aromatic amines is 1. The van der Waals surface area contributed by atoms with E-state index in [2.05, 4.69) is 39.4 Å². The van der Waals surface area contributed by atoms with Gasteiger partial charge in [0, 0.05) is 6.42 Å².